The normalized spacial score (nSPS) is 24.2. The van der Waals surface area contributed by atoms with Gasteiger partial charge in [-0.3, -0.25) is 0 Å². The van der Waals surface area contributed by atoms with Gasteiger partial charge in [-0.2, -0.15) is 0 Å². The van der Waals surface area contributed by atoms with Crippen molar-refractivity contribution in [2.45, 2.75) is 25.3 Å². The number of hydrogen-bond acceptors (Lipinski definition) is 2. The molecule has 1 heterocycles. The minimum absolute atomic E-state index is 0.482. The molecular formula is C9H19N2O. The van der Waals surface area contributed by atoms with Gasteiger partial charge in [-0.05, 0) is 26.4 Å². The van der Waals surface area contributed by atoms with Gasteiger partial charge in [0.15, 0.2) is 0 Å². The lowest BCUT2D eigenvalue weighted by Crippen LogP contribution is -2.35. The van der Waals surface area contributed by atoms with Crippen LogP contribution < -0.4 is 10.6 Å². The van der Waals surface area contributed by atoms with Crippen LogP contribution in [0.5, 0.6) is 0 Å². The topological polar surface area (TPSA) is 35.4 Å². The van der Waals surface area contributed by atoms with Gasteiger partial charge in [-0.25, -0.2) is 5.32 Å². The molecule has 0 aromatic rings. The molecular weight excluding hydrogens is 152 g/mol. The summed E-state index contributed by atoms with van der Waals surface area (Å²) in [5.74, 6) is 0. The van der Waals surface area contributed by atoms with E-state index in [4.69, 9.17) is 4.74 Å². The van der Waals surface area contributed by atoms with Crippen LogP contribution in [-0.2, 0) is 4.74 Å². The minimum atomic E-state index is 0.482. The molecule has 3 heteroatoms. The summed E-state index contributed by atoms with van der Waals surface area (Å²) in [5, 5.41) is 7.63. The van der Waals surface area contributed by atoms with Gasteiger partial charge in [0.25, 0.3) is 0 Å². The van der Waals surface area contributed by atoms with Gasteiger partial charge in [0, 0.05) is 12.6 Å². The zero-order chi connectivity index (χ0) is 8.65. The first kappa shape index (κ1) is 9.96. The molecule has 1 atom stereocenters. The molecule has 1 aliphatic rings. The predicted octanol–water partition coefficient (Wildman–Crippen LogP) is 0.379. The van der Waals surface area contributed by atoms with Gasteiger partial charge in [-0.15, -0.1) is 0 Å². The Hall–Kier alpha value is -0.120. The summed E-state index contributed by atoms with van der Waals surface area (Å²) < 4.78 is 5.33. The molecule has 0 aromatic heterocycles. The standard InChI is InChI=1S/C9H19N2O/c1-10-5-3-2-4-9-8-12-7-6-11-9/h9-10H,2-8H2,1H3. The lowest BCUT2D eigenvalue weighted by atomic mass is 10.1. The monoisotopic (exact) mass is 171 g/mol. The first-order chi connectivity index (χ1) is 5.93. The van der Waals surface area contributed by atoms with Crippen LogP contribution in [0.15, 0.2) is 0 Å². The fourth-order valence-electron chi connectivity index (χ4n) is 1.43. The first-order valence-electron chi connectivity index (χ1n) is 4.82. The van der Waals surface area contributed by atoms with E-state index in [0.29, 0.717) is 6.04 Å². The van der Waals surface area contributed by atoms with Gasteiger partial charge >= 0.3 is 0 Å². The highest BCUT2D eigenvalue weighted by Gasteiger charge is 2.12. The lowest BCUT2D eigenvalue weighted by molar-refractivity contribution is 0.0710. The van der Waals surface area contributed by atoms with Crippen molar-refractivity contribution in [2.24, 2.45) is 0 Å². The summed E-state index contributed by atoms with van der Waals surface area (Å²) in [6.45, 7) is 3.69. The Labute approximate surface area is 74.9 Å². The maximum atomic E-state index is 5.33. The number of nitrogens with zero attached hydrogens (tertiary/aromatic N) is 1. The van der Waals surface area contributed by atoms with Crippen molar-refractivity contribution in [3.8, 4) is 0 Å². The van der Waals surface area contributed by atoms with Crippen LogP contribution in [0.4, 0.5) is 0 Å². The van der Waals surface area contributed by atoms with Crippen molar-refractivity contribution >= 4 is 0 Å². The van der Waals surface area contributed by atoms with Gasteiger partial charge < -0.3 is 10.1 Å². The Morgan fingerprint density at radius 2 is 2.42 bits per heavy atom. The van der Waals surface area contributed by atoms with Crippen LogP contribution in [0.1, 0.15) is 19.3 Å². The zero-order valence-corrected chi connectivity index (χ0v) is 7.88. The van der Waals surface area contributed by atoms with E-state index in [0.717, 1.165) is 26.3 Å². The van der Waals surface area contributed by atoms with Crippen molar-refractivity contribution in [2.75, 3.05) is 33.4 Å². The first-order valence-corrected chi connectivity index (χ1v) is 4.82. The molecule has 71 valence electrons. The molecule has 0 amide bonds. The van der Waals surface area contributed by atoms with Crippen LogP contribution in [0.3, 0.4) is 0 Å². The number of rotatable bonds is 5. The number of unbranched alkanes of at least 4 members (excludes halogenated alkanes) is 1. The summed E-state index contributed by atoms with van der Waals surface area (Å²) in [5.41, 5.74) is 0. The van der Waals surface area contributed by atoms with Gasteiger partial charge in [0.2, 0.25) is 0 Å². The Balaban J connectivity index is 1.91. The molecule has 0 aromatic carbocycles. The van der Waals surface area contributed by atoms with E-state index in [1.54, 1.807) is 0 Å². The van der Waals surface area contributed by atoms with E-state index in [9.17, 15) is 0 Å². The summed E-state index contributed by atoms with van der Waals surface area (Å²) in [6, 6.07) is 0.482. The molecule has 1 aliphatic heterocycles. The highest BCUT2D eigenvalue weighted by atomic mass is 16.5. The maximum absolute atomic E-state index is 5.33. The van der Waals surface area contributed by atoms with Crippen LogP contribution in [0.2, 0.25) is 0 Å². The SMILES string of the molecule is CNCCCCC1COCC[N]1. The van der Waals surface area contributed by atoms with Crippen molar-refractivity contribution in [1.82, 2.24) is 10.6 Å². The van der Waals surface area contributed by atoms with Crippen LogP contribution in [0.25, 0.3) is 0 Å². The maximum Gasteiger partial charge on any atom is 0.0636 e. The smallest absolute Gasteiger partial charge is 0.0636 e. The molecule has 1 fully saturated rings. The average molecular weight is 171 g/mol. The molecule has 0 saturated carbocycles. The molecule has 1 radical (unpaired) electrons. The third kappa shape index (κ3) is 4.04. The van der Waals surface area contributed by atoms with Crippen LogP contribution in [0, 0.1) is 0 Å². The fourth-order valence-corrected chi connectivity index (χ4v) is 1.43. The summed E-state index contributed by atoms with van der Waals surface area (Å²) in [4.78, 5) is 0. The molecule has 0 aliphatic carbocycles. The Morgan fingerprint density at radius 1 is 1.50 bits per heavy atom. The van der Waals surface area contributed by atoms with Crippen molar-refractivity contribution in [3.63, 3.8) is 0 Å². The van der Waals surface area contributed by atoms with Gasteiger partial charge in [-0.1, -0.05) is 6.42 Å². The van der Waals surface area contributed by atoms with E-state index >= 15 is 0 Å². The third-order valence-electron chi connectivity index (χ3n) is 2.15. The van der Waals surface area contributed by atoms with E-state index < -0.39 is 0 Å². The Bertz CT molecular complexity index is 103. The van der Waals surface area contributed by atoms with Crippen molar-refractivity contribution in [3.05, 3.63) is 0 Å². The van der Waals surface area contributed by atoms with Crippen molar-refractivity contribution < 1.29 is 4.74 Å². The number of ether oxygens (including phenoxy) is 1. The van der Waals surface area contributed by atoms with E-state index in [2.05, 4.69) is 10.6 Å². The highest BCUT2D eigenvalue weighted by Crippen LogP contribution is 2.04. The summed E-state index contributed by atoms with van der Waals surface area (Å²) in [6.07, 6.45) is 3.71. The largest absolute Gasteiger partial charge is 0.378 e. The second-order valence-corrected chi connectivity index (χ2v) is 3.23. The fraction of sp³-hybridized carbons (Fsp3) is 1.00. The summed E-state index contributed by atoms with van der Waals surface area (Å²) in [7, 11) is 1.99. The molecule has 3 nitrogen and oxygen atoms in total. The van der Waals surface area contributed by atoms with E-state index in [-0.39, 0.29) is 0 Å². The number of nitrogens with one attached hydrogen (secondary N) is 1. The quantitative estimate of drug-likeness (QED) is 0.607. The number of hydrogen-bond donors (Lipinski definition) is 1. The Kier molecular flexibility index (Phi) is 5.32. The lowest BCUT2D eigenvalue weighted by Gasteiger charge is -2.21. The molecule has 0 spiro atoms. The zero-order valence-electron chi connectivity index (χ0n) is 7.88. The minimum Gasteiger partial charge on any atom is -0.378 e. The van der Waals surface area contributed by atoms with Crippen molar-refractivity contribution in [1.29, 1.82) is 0 Å². The highest BCUT2D eigenvalue weighted by molar-refractivity contribution is 4.69. The Morgan fingerprint density at radius 3 is 3.08 bits per heavy atom. The van der Waals surface area contributed by atoms with Crippen LogP contribution >= 0.6 is 0 Å². The molecule has 1 N–H and O–H groups in total. The van der Waals surface area contributed by atoms with E-state index in [1.165, 1.54) is 19.3 Å². The number of morpholine rings is 1. The van der Waals surface area contributed by atoms with Gasteiger partial charge in [0.1, 0.15) is 0 Å². The molecule has 0 bridgehead atoms. The average Bonchev–Trinajstić information content (AvgIpc) is 2.14. The summed E-state index contributed by atoms with van der Waals surface area (Å²) >= 11 is 0. The van der Waals surface area contributed by atoms with E-state index in [1.807, 2.05) is 7.05 Å². The molecule has 1 rings (SSSR count). The second kappa shape index (κ2) is 6.40. The van der Waals surface area contributed by atoms with Gasteiger partial charge in [0.05, 0.1) is 13.2 Å². The molecule has 1 unspecified atom stereocenters. The molecule has 1 saturated heterocycles. The second-order valence-electron chi connectivity index (χ2n) is 3.23. The third-order valence-corrected chi connectivity index (χ3v) is 2.15. The molecule has 12 heavy (non-hydrogen) atoms. The predicted molar refractivity (Wildman–Crippen MR) is 49.4 cm³/mol. The van der Waals surface area contributed by atoms with Crippen LogP contribution in [-0.4, -0.2) is 39.4 Å².